The third-order valence-corrected chi connectivity index (χ3v) is 7.31. The molecule has 1 N–H and O–H groups in total. The Morgan fingerprint density at radius 1 is 0.966 bits per heavy atom. The molecule has 0 spiro atoms. The van der Waals surface area contributed by atoms with E-state index >= 15 is 0 Å². The number of benzene rings is 2. The molecule has 7 heteroatoms. The predicted octanol–water partition coefficient (Wildman–Crippen LogP) is 2.67. The van der Waals surface area contributed by atoms with Gasteiger partial charge in [-0.1, -0.05) is 36.4 Å². The molecule has 4 rings (SSSR count). The minimum absolute atomic E-state index is 0.437. The molecule has 2 aromatic carbocycles. The van der Waals surface area contributed by atoms with Gasteiger partial charge in [-0.3, -0.25) is 4.31 Å². The van der Waals surface area contributed by atoms with Crippen molar-refractivity contribution in [3.05, 3.63) is 60.2 Å². The first kappa shape index (κ1) is 20.2. The summed E-state index contributed by atoms with van der Waals surface area (Å²) in [4.78, 5) is 2.33. The molecular formula is C22H29N3O3S. The second-order valence-electron chi connectivity index (χ2n) is 7.76. The van der Waals surface area contributed by atoms with Crippen LogP contribution in [0.5, 0.6) is 5.75 Å². The number of rotatable bonds is 8. The van der Waals surface area contributed by atoms with Crippen LogP contribution < -0.4 is 13.8 Å². The smallest absolute Gasteiger partial charge is 0.301 e. The highest BCUT2D eigenvalue weighted by Gasteiger charge is 2.29. The van der Waals surface area contributed by atoms with E-state index in [-0.39, 0.29) is 0 Å². The molecule has 0 aliphatic carbocycles. The van der Waals surface area contributed by atoms with Crippen LogP contribution in [0.4, 0.5) is 5.69 Å². The summed E-state index contributed by atoms with van der Waals surface area (Å²) in [6.45, 7) is 4.40. The molecule has 0 amide bonds. The van der Waals surface area contributed by atoms with Crippen LogP contribution in [0.25, 0.3) is 0 Å². The van der Waals surface area contributed by atoms with E-state index in [1.54, 1.807) is 0 Å². The van der Waals surface area contributed by atoms with Crippen LogP contribution in [-0.2, 0) is 16.6 Å². The lowest BCUT2D eigenvalue weighted by Crippen LogP contribution is -2.44. The highest BCUT2D eigenvalue weighted by atomic mass is 32.2. The first-order valence-electron chi connectivity index (χ1n) is 10.4. The van der Waals surface area contributed by atoms with Crippen LogP contribution in [-0.4, -0.2) is 52.6 Å². The minimum Gasteiger partial charge on any atom is -0.493 e. The van der Waals surface area contributed by atoms with Crippen molar-refractivity contribution in [2.75, 3.05) is 43.6 Å². The van der Waals surface area contributed by atoms with Crippen molar-refractivity contribution in [2.45, 2.75) is 19.3 Å². The van der Waals surface area contributed by atoms with Gasteiger partial charge in [0.25, 0.3) is 0 Å². The first-order chi connectivity index (χ1) is 14.1. The molecule has 0 saturated carbocycles. The van der Waals surface area contributed by atoms with Crippen LogP contribution in [0.15, 0.2) is 54.6 Å². The van der Waals surface area contributed by atoms with Crippen LogP contribution in [0, 0.1) is 5.92 Å². The van der Waals surface area contributed by atoms with Gasteiger partial charge >= 0.3 is 10.2 Å². The maximum absolute atomic E-state index is 12.7. The summed E-state index contributed by atoms with van der Waals surface area (Å²) in [7, 11) is -3.49. The Morgan fingerprint density at radius 2 is 1.69 bits per heavy atom. The Balaban J connectivity index is 1.18. The zero-order valence-corrected chi connectivity index (χ0v) is 17.5. The Hall–Kier alpha value is -2.09. The molecule has 156 valence electrons. The van der Waals surface area contributed by atoms with E-state index in [1.165, 1.54) is 4.31 Å². The van der Waals surface area contributed by atoms with Gasteiger partial charge in [-0.2, -0.15) is 13.1 Å². The van der Waals surface area contributed by atoms with E-state index in [4.69, 9.17) is 4.74 Å². The van der Waals surface area contributed by atoms with Crippen molar-refractivity contribution in [2.24, 2.45) is 5.92 Å². The zero-order valence-electron chi connectivity index (χ0n) is 16.7. The third-order valence-electron chi connectivity index (χ3n) is 5.78. The second-order valence-corrected chi connectivity index (χ2v) is 9.44. The van der Waals surface area contributed by atoms with Gasteiger partial charge < -0.3 is 9.64 Å². The number of fused-ring (bicyclic) bond motifs is 1. The summed E-state index contributed by atoms with van der Waals surface area (Å²) in [5.74, 6) is 1.48. The molecule has 0 radical (unpaired) electrons. The summed E-state index contributed by atoms with van der Waals surface area (Å²) in [6.07, 6.45) is 2.94. The number of likely N-dealkylation sites (tertiary alicyclic amines) is 1. The van der Waals surface area contributed by atoms with Crippen LogP contribution >= 0.6 is 0 Å². The first-order valence-corrected chi connectivity index (χ1v) is 11.8. The van der Waals surface area contributed by atoms with Crippen molar-refractivity contribution < 1.29 is 13.2 Å². The number of nitrogens with one attached hydrogen (secondary N) is 1. The average Bonchev–Trinajstić information content (AvgIpc) is 3.19. The summed E-state index contributed by atoms with van der Waals surface area (Å²) < 4.78 is 35.5. The minimum atomic E-state index is -3.49. The van der Waals surface area contributed by atoms with Gasteiger partial charge in [0.05, 0.1) is 12.3 Å². The molecule has 1 saturated heterocycles. The topological polar surface area (TPSA) is 61.9 Å². The second kappa shape index (κ2) is 9.15. The maximum atomic E-state index is 12.7. The zero-order chi connectivity index (χ0) is 20.1. The molecule has 2 aromatic rings. The van der Waals surface area contributed by atoms with E-state index in [9.17, 15) is 8.42 Å². The molecular weight excluding hydrogens is 386 g/mol. The van der Waals surface area contributed by atoms with Crippen LogP contribution in [0.3, 0.4) is 0 Å². The lowest BCUT2D eigenvalue weighted by Gasteiger charge is -2.32. The van der Waals surface area contributed by atoms with E-state index in [0.29, 0.717) is 19.0 Å². The number of anilines is 1. The molecule has 29 heavy (non-hydrogen) atoms. The van der Waals surface area contributed by atoms with Gasteiger partial charge in [-0.15, -0.1) is 0 Å². The molecule has 2 heterocycles. The van der Waals surface area contributed by atoms with Crippen molar-refractivity contribution in [3.8, 4) is 5.75 Å². The Morgan fingerprint density at radius 3 is 2.48 bits per heavy atom. The Kier molecular flexibility index (Phi) is 6.37. The molecule has 6 nitrogen and oxygen atoms in total. The highest BCUT2D eigenvalue weighted by molar-refractivity contribution is 7.90. The number of para-hydroxylation sites is 2. The SMILES string of the molecule is O=S(=O)(NCCN1CCC(COc2ccccc2)CC1)N1CCc2ccccc21. The van der Waals surface area contributed by atoms with E-state index in [1.807, 2.05) is 54.6 Å². The molecule has 2 aliphatic heterocycles. The summed E-state index contributed by atoms with van der Waals surface area (Å²) in [5.41, 5.74) is 1.90. The highest BCUT2D eigenvalue weighted by Crippen LogP contribution is 2.29. The molecule has 0 unspecified atom stereocenters. The normalized spacial score (nSPS) is 18.0. The molecule has 2 aliphatic rings. The van der Waals surface area contributed by atoms with E-state index < -0.39 is 10.2 Å². The lowest BCUT2D eigenvalue weighted by molar-refractivity contribution is 0.143. The van der Waals surface area contributed by atoms with Crippen molar-refractivity contribution >= 4 is 15.9 Å². The maximum Gasteiger partial charge on any atom is 0.301 e. The van der Waals surface area contributed by atoms with E-state index in [0.717, 1.165) is 62.5 Å². The number of piperidine rings is 1. The summed E-state index contributed by atoms with van der Waals surface area (Å²) in [6, 6.07) is 17.6. The Bertz CT molecular complexity index is 897. The number of hydrogen-bond acceptors (Lipinski definition) is 4. The van der Waals surface area contributed by atoms with Gasteiger partial charge in [0.2, 0.25) is 0 Å². The van der Waals surface area contributed by atoms with Gasteiger partial charge in [0.15, 0.2) is 0 Å². The molecule has 0 aromatic heterocycles. The van der Waals surface area contributed by atoms with Crippen molar-refractivity contribution in [1.82, 2.24) is 9.62 Å². The van der Waals surface area contributed by atoms with Crippen molar-refractivity contribution in [1.29, 1.82) is 0 Å². The fourth-order valence-corrected chi connectivity index (χ4v) is 5.35. The molecule has 1 fully saturated rings. The van der Waals surface area contributed by atoms with Gasteiger partial charge in [0, 0.05) is 19.6 Å². The predicted molar refractivity (Wildman–Crippen MR) is 116 cm³/mol. The van der Waals surface area contributed by atoms with Gasteiger partial charge in [-0.05, 0) is 62.0 Å². The summed E-state index contributed by atoms with van der Waals surface area (Å²) >= 11 is 0. The lowest BCUT2D eigenvalue weighted by atomic mass is 9.98. The van der Waals surface area contributed by atoms with Crippen LogP contribution in [0.1, 0.15) is 18.4 Å². The monoisotopic (exact) mass is 415 g/mol. The summed E-state index contributed by atoms with van der Waals surface area (Å²) in [5, 5.41) is 0. The van der Waals surface area contributed by atoms with Gasteiger partial charge in [0.1, 0.15) is 5.75 Å². The fraction of sp³-hybridized carbons (Fsp3) is 0.455. The third kappa shape index (κ3) is 5.10. The van der Waals surface area contributed by atoms with E-state index in [2.05, 4.69) is 9.62 Å². The quantitative estimate of drug-likeness (QED) is 0.720. The largest absolute Gasteiger partial charge is 0.493 e. The van der Waals surface area contributed by atoms with Crippen molar-refractivity contribution in [3.63, 3.8) is 0 Å². The fourth-order valence-electron chi connectivity index (χ4n) is 4.08. The number of nitrogens with zero attached hydrogens (tertiary/aromatic N) is 2. The molecule has 0 atom stereocenters. The van der Waals surface area contributed by atoms with Crippen LogP contribution in [0.2, 0.25) is 0 Å². The molecule has 0 bridgehead atoms. The number of hydrogen-bond donors (Lipinski definition) is 1. The van der Waals surface area contributed by atoms with Gasteiger partial charge in [-0.25, -0.2) is 0 Å². The number of ether oxygens (including phenoxy) is 1. The Labute approximate surface area is 173 Å². The standard InChI is InChI=1S/C22H29N3O3S/c26-29(27,25-16-12-20-6-4-5-9-22(20)25)23-13-17-24-14-10-19(11-15-24)18-28-21-7-2-1-3-8-21/h1-9,19,23H,10-18H2. The average molecular weight is 416 g/mol.